The molecule has 0 radical (unpaired) electrons. The molecule has 0 amide bonds. The molecule has 1 rings (SSSR count). The van der Waals surface area contributed by atoms with Crippen molar-refractivity contribution in [3.05, 3.63) is 22.5 Å². The van der Waals surface area contributed by atoms with E-state index in [-0.39, 0.29) is 16.7 Å². The largest absolute Gasteiger partial charge is 0.504 e. The van der Waals surface area contributed by atoms with Gasteiger partial charge in [-0.1, -0.05) is 18.5 Å². The number of phenolic OH excluding ortho intramolecular Hbond substituents is 1. The average molecular weight is 234 g/mol. The lowest BCUT2D eigenvalue weighted by atomic mass is 10.00. The maximum absolute atomic E-state index is 13.2. The topological polar surface area (TPSA) is 55.5 Å². The van der Waals surface area contributed by atoms with Crippen LogP contribution in [-0.4, -0.2) is 18.8 Å². The second kappa shape index (κ2) is 4.68. The van der Waals surface area contributed by atoms with Crippen LogP contribution in [0.3, 0.4) is 0 Å². The number of ether oxygens (including phenoxy) is 1. The van der Waals surface area contributed by atoms with Crippen molar-refractivity contribution in [1.29, 1.82) is 0 Å². The van der Waals surface area contributed by atoms with Crippen molar-refractivity contribution in [2.24, 2.45) is 5.73 Å². The Hall–Kier alpha value is -1.00. The number of phenols is 1. The summed E-state index contributed by atoms with van der Waals surface area (Å²) < 4.78 is 18.2. The van der Waals surface area contributed by atoms with Gasteiger partial charge in [0, 0.05) is 5.56 Å². The van der Waals surface area contributed by atoms with Gasteiger partial charge in [0.15, 0.2) is 11.6 Å². The first-order valence-corrected chi connectivity index (χ1v) is 4.85. The van der Waals surface area contributed by atoms with Crippen molar-refractivity contribution in [2.45, 2.75) is 12.8 Å². The maximum atomic E-state index is 13.2. The van der Waals surface area contributed by atoms with Crippen LogP contribution < -0.4 is 10.5 Å². The van der Waals surface area contributed by atoms with Crippen LogP contribution in [0.5, 0.6) is 11.5 Å². The van der Waals surface area contributed by atoms with Crippen molar-refractivity contribution in [3.8, 4) is 11.5 Å². The van der Waals surface area contributed by atoms with Gasteiger partial charge in [-0.05, 0) is 18.5 Å². The monoisotopic (exact) mass is 233 g/mol. The Kier molecular flexibility index (Phi) is 3.77. The summed E-state index contributed by atoms with van der Waals surface area (Å²) in [4.78, 5) is 0. The van der Waals surface area contributed by atoms with Crippen LogP contribution in [0.15, 0.2) is 6.07 Å². The minimum Gasteiger partial charge on any atom is -0.504 e. The van der Waals surface area contributed by atoms with Gasteiger partial charge in [0.25, 0.3) is 0 Å². The van der Waals surface area contributed by atoms with Gasteiger partial charge in [-0.3, -0.25) is 0 Å². The molecule has 5 heteroatoms. The fraction of sp³-hybridized carbons (Fsp3) is 0.400. The third-order valence-corrected chi connectivity index (χ3v) is 2.62. The Morgan fingerprint density at radius 3 is 2.73 bits per heavy atom. The number of methoxy groups -OCH3 is 1. The second-order valence-electron chi connectivity index (χ2n) is 3.28. The summed E-state index contributed by atoms with van der Waals surface area (Å²) in [6, 6.07) is 1.19. The van der Waals surface area contributed by atoms with Gasteiger partial charge in [-0.15, -0.1) is 0 Å². The average Bonchev–Trinajstić information content (AvgIpc) is 2.24. The summed E-state index contributed by atoms with van der Waals surface area (Å²) in [6.07, 6.45) is 0. The molecular weight excluding hydrogens is 221 g/mol. The number of aromatic hydroxyl groups is 1. The van der Waals surface area contributed by atoms with Crippen LogP contribution >= 0.6 is 11.6 Å². The van der Waals surface area contributed by atoms with Crippen molar-refractivity contribution in [1.82, 2.24) is 0 Å². The lowest BCUT2D eigenvalue weighted by Crippen LogP contribution is -2.10. The molecule has 0 aliphatic rings. The minimum atomic E-state index is -0.767. The van der Waals surface area contributed by atoms with Crippen molar-refractivity contribution in [2.75, 3.05) is 13.7 Å². The van der Waals surface area contributed by atoms with Gasteiger partial charge in [-0.2, -0.15) is 0 Å². The number of nitrogens with two attached hydrogens (primary N) is 1. The molecule has 84 valence electrons. The molecule has 0 heterocycles. The van der Waals surface area contributed by atoms with E-state index >= 15 is 0 Å². The summed E-state index contributed by atoms with van der Waals surface area (Å²) in [6.45, 7) is 2.17. The van der Waals surface area contributed by atoms with Gasteiger partial charge < -0.3 is 15.6 Å². The molecule has 1 aromatic rings. The molecule has 0 aromatic heterocycles. The van der Waals surface area contributed by atoms with Crippen LogP contribution in [0.25, 0.3) is 0 Å². The number of rotatable bonds is 3. The van der Waals surface area contributed by atoms with E-state index in [4.69, 9.17) is 22.1 Å². The Balaban J connectivity index is 3.38. The van der Waals surface area contributed by atoms with E-state index in [0.717, 1.165) is 0 Å². The van der Waals surface area contributed by atoms with E-state index in [9.17, 15) is 9.50 Å². The first kappa shape index (κ1) is 12.1. The molecule has 1 unspecified atom stereocenters. The Morgan fingerprint density at radius 2 is 2.27 bits per heavy atom. The van der Waals surface area contributed by atoms with E-state index in [2.05, 4.69) is 0 Å². The quantitative estimate of drug-likeness (QED) is 0.842. The normalized spacial score (nSPS) is 12.6. The maximum Gasteiger partial charge on any atom is 0.174 e. The standard InChI is InChI=1S/C10H13ClFNO2/c1-5(4-13)6-3-7(12)9(14)8(11)10(6)15-2/h3,5,14H,4,13H2,1-2H3. The SMILES string of the molecule is COc1c(C(C)CN)cc(F)c(O)c1Cl. The molecule has 0 bridgehead atoms. The third-order valence-electron chi connectivity index (χ3n) is 2.27. The fourth-order valence-electron chi connectivity index (χ4n) is 1.31. The van der Waals surface area contributed by atoms with Crippen LogP contribution in [0.4, 0.5) is 4.39 Å². The summed E-state index contributed by atoms with van der Waals surface area (Å²) in [5.74, 6) is -1.18. The van der Waals surface area contributed by atoms with Crippen LogP contribution in [0.1, 0.15) is 18.4 Å². The van der Waals surface area contributed by atoms with Gasteiger partial charge in [0.1, 0.15) is 10.8 Å². The van der Waals surface area contributed by atoms with Gasteiger partial charge in [-0.25, -0.2) is 4.39 Å². The summed E-state index contributed by atoms with van der Waals surface area (Å²) in [5.41, 5.74) is 6.04. The molecule has 0 spiro atoms. The molecular formula is C10H13ClFNO2. The minimum absolute atomic E-state index is 0.0902. The molecule has 15 heavy (non-hydrogen) atoms. The summed E-state index contributed by atoms with van der Waals surface area (Å²) in [5, 5.41) is 9.16. The van der Waals surface area contributed by atoms with E-state index in [1.54, 1.807) is 0 Å². The van der Waals surface area contributed by atoms with Gasteiger partial charge in [0.05, 0.1) is 7.11 Å². The van der Waals surface area contributed by atoms with E-state index in [1.165, 1.54) is 13.2 Å². The Bertz CT molecular complexity index is 371. The molecule has 3 nitrogen and oxygen atoms in total. The fourth-order valence-corrected chi connectivity index (χ4v) is 1.59. The van der Waals surface area contributed by atoms with Crippen molar-refractivity contribution >= 4 is 11.6 Å². The molecule has 1 aromatic carbocycles. The molecule has 3 N–H and O–H groups in total. The molecule has 0 saturated carbocycles. The molecule has 0 saturated heterocycles. The third kappa shape index (κ3) is 2.16. The van der Waals surface area contributed by atoms with E-state index in [1.807, 2.05) is 6.92 Å². The first-order chi connectivity index (χ1) is 7.02. The first-order valence-electron chi connectivity index (χ1n) is 4.47. The van der Waals surface area contributed by atoms with Crippen LogP contribution in [0.2, 0.25) is 5.02 Å². The van der Waals surface area contributed by atoms with Crippen molar-refractivity contribution < 1.29 is 14.2 Å². The number of halogens is 2. The highest BCUT2D eigenvalue weighted by atomic mass is 35.5. The molecule has 0 aliphatic carbocycles. The predicted molar refractivity (Wildman–Crippen MR) is 57.1 cm³/mol. The number of benzene rings is 1. The Labute approximate surface area is 92.6 Å². The molecule has 0 fully saturated rings. The highest BCUT2D eigenvalue weighted by Crippen LogP contribution is 2.40. The lowest BCUT2D eigenvalue weighted by Gasteiger charge is -2.16. The lowest BCUT2D eigenvalue weighted by molar-refractivity contribution is 0.390. The molecule has 0 aliphatic heterocycles. The van der Waals surface area contributed by atoms with Crippen molar-refractivity contribution in [3.63, 3.8) is 0 Å². The van der Waals surface area contributed by atoms with Crippen LogP contribution in [0, 0.1) is 5.82 Å². The zero-order valence-corrected chi connectivity index (χ0v) is 9.31. The summed E-state index contributed by atoms with van der Waals surface area (Å²) in [7, 11) is 1.41. The summed E-state index contributed by atoms with van der Waals surface area (Å²) >= 11 is 5.75. The van der Waals surface area contributed by atoms with Gasteiger partial charge in [0.2, 0.25) is 0 Å². The number of hydrogen-bond acceptors (Lipinski definition) is 3. The van der Waals surface area contributed by atoms with E-state index < -0.39 is 11.6 Å². The zero-order chi connectivity index (χ0) is 11.6. The number of hydrogen-bond donors (Lipinski definition) is 2. The van der Waals surface area contributed by atoms with Crippen LogP contribution in [-0.2, 0) is 0 Å². The van der Waals surface area contributed by atoms with Gasteiger partial charge >= 0.3 is 0 Å². The highest BCUT2D eigenvalue weighted by molar-refractivity contribution is 6.33. The smallest absolute Gasteiger partial charge is 0.174 e. The molecule has 1 atom stereocenters. The van der Waals surface area contributed by atoms with E-state index in [0.29, 0.717) is 12.1 Å². The predicted octanol–water partition coefficient (Wildman–Crippen LogP) is 2.26. The second-order valence-corrected chi connectivity index (χ2v) is 3.66. The highest BCUT2D eigenvalue weighted by Gasteiger charge is 2.19. The zero-order valence-electron chi connectivity index (χ0n) is 8.55. The Morgan fingerprint density at radius 1 is 1.67 bits per heavy atom.